The number of unbranched alkanes of at least 4 members (excludes halogenated alkanes) is 2. The van der Waals surface area contributed by atoms with Gasteiger partial charge in [0.1, 0.15) is 23.7 Å². The Morgan fingerprint density at radius 1 is 1.23 bits per heavy atom. The lowest BCUT2D eigenvalue weighted by Gasteiger charge is -2.10. The first kappa shape index (κ1) is 22.5. The number of carbonyl (C=O) groups is 1. The topological polar surface area (TPSA) is 107 Å². The number of ketones is 1. The second-order valence-electron chi connectivity index (χ2n) is 6.84. The molecule has 0 bridgehead atoms. The van der Waals surface area contributed by atoms with Crippen LogP contribution in [-0.4, -0.2) is 27.1 Å². The zero-order chi connectivity index (χ0) is 22.4. The van der Waals surface area contributed by atoms with Crippen molar-refractivity contribution in [3.63, 3.8) is 0 Å². The van der Waals surface area contributed by atoms with Crippen molar-refractivity contribution in [1.29, 1.82) is 0 Å². The van der Waals surface area contributed by atoms with E-state index < -0.39 is 24.0 Å². The van der Waals surface area contributed by atoms with Gasteiger partial charge in [-0.2, -0.15) is 0 Å². The summed E-state index contributed by atoms with van der Waals surface area (Å²) in [5.41, 5.74) is 6.45. The molecule has 2 aromatic heterocycles. The largest absolute Gasteiger partial charge is 0.573 e. The molecule has 2 heterocycles. The van der Waals surface area contributed by atoms with Crippen molar-refractivity contribution in [1.82, 2.24) is 15.0 Å². The smallest absolute Gasteiger partial charge is 0.442 e. The van der Waals surface area contributed by atoms with Gasteiger partial charge in [-0.25, -0.2) is 14.4 Å². The minimum absolute atomic E-state index is 0.0468. The number of hydrogen-bond acceptors (Lipinski definition) is 6. The zero-order valence-electron chi connectivity index (χ0n) is 16.3. The average molecular weight is 440 g/mol. The van der Waals surface area contributed by atoms with Crippen LogP contribution in [0.4, 0.5) is 17.6 Å². The van der Waals surface area contributed by atoms with Gasteiger partial charge in [0.2, 0.25) is 5.78 Å². The summed E-state index contributed by atoms with van der Waals surface area (Å²) in [5, 5.41) is 0. The number of nitrogens with two attached hydrogens (primary N) is 1. The number of hydrogen-bond donors (Lipinski definition) is 2. The fourth-order valence-electron chi connectivity index (χ4n) is 3.00. The molecule has 1 unspecified atom stereocenters. The van der Waals surface area contributed by atoms with Crippen LogP contribution in [0.5, 0.6) is 5.75 Å². The first-order valence-corrected chi connectivity index (χ1v) is 9.52. The van der Waals surface area contributed by atoms with Crippen LogP contribution in [-0.2, 0) is 0 Å². The minimum Gasteiger partial charge on any atom is -0.442 e. The molecular weight excluding hydrogens is 420 g/mol. The van der Waals surface area contributed by atoms with E-state index >= 15 is 0 Å². The highest BCUT2D eigenvalue weighted by atomic mass is 19.4. The van der Waals surface area contributed by atoms with Crippen molar-refractivity contribution in [3.05, 3.63) is 54.4 Å². The number of Topliss-reactive ketones (excluding diaryl/α,β-unsaturated/α-hetero) is 1. The third-order valence-corrected chi connectivity index (χ3v) is 4.50. The van der Waals surface area contributed by atoms with Crippen molar-refractivity contribution < 1.29 is 31.5 Å². The third kappa shape index (κ3) is 6.38. The molecule has 0 aliphatic heterocycles. The van der Waals surface area contributed by atoms with E-state index in [2.05, 4.69) is 19.7 Å². The van der Waals surface area contributed by atoms with Gasteiger partial charge in [0.15, 0.2) is 0 Å². The van der Waals surface area contributed by atoms with Crippen molar-refractivity contribution in [3.8, 4) is 17.0 Å². The number of aromatic amines is 1. The van der Waals surface area contributed by atoms with Crippen LogP contribution in [0, 0.1) is 5.82 Å². The number of imidazole rings is 1. The summed E-state index contributed by atoms with van der Waals surface area (Å²) in [5.74, 6) is -1.16. The molecule has 0 fully saturated rings. The number of carbonyl (C=O) groups excluding carboxylic acids is 1. The monoisotopic (exact) mass is 440 g/mol. The van der Waals surface area contributed by atoms with Gasteiger partial charge in [-0.3, -0.25) is 4.79 Å². The maximum absolute atomic E-state index is 14.2. The fraction of sp³-hybridized carbons (Fsp3) is 0.350. The van der Waals surface area contributed by atoms with E-state index in [0.717, 1.165) is 18.9 Å². The van der Waals surface area contributed by atoms with Gasteiger partial charge < -0.3 is 19.9 Å². The summed E-state index contributed by atoms with van der Waals surface area (Å²) in [7, 11) is 0. The number of rotatable bonds is 10. The summed E-state index contributed by atoms with van der Waals surface area (Å²) in [6, 6.07) is 2.41. The Bertz CT molecular complexity index is 1000. The molecule has 0 spiro atoms. The molecule has 1 atom stereocenters. The van der Waals surface area contributed by atoms with E-state index in [9.17, 15) is 22.4 Å². The molecule has 3 aromatic rings. The average Bonchev–Trinajstić information content (AvgIpc) is 3.38. The quantitative estimate of drug-likeness (QED) is 0.263. The Morgan fingerprint density at radius 3 is 2.71 bits per heavy atom. The van der Waals surface area contributed by atoms with Crippen LogP contribution in [0.1, 0.15) is 54.7 Å². The molecule has 0 radical (unpaired) electrons. The molecule has 0 amide bonds. The van der Waals surface area contributed by atoms with Crippen LogP contribution in [0.3, 0.4) is 0 Å². The van der Waals surface area contributed by atoms with Gasteiger partial charge in [-0.1, -0.05) is 12.8 Å². The molecule has 0 aliphatic rings. The van der Waals surface area contributed by atoms with Gasteiger partial charge in [0.05, 0.1) is 24.1 Å². The number of oxazole rings is 1. The highest BCUT2D eigenvalue weighted by Gasteiger charge is 2.31. The van der Waals surface area contributed by atoms with Crippen LogP contribution in [0.15, 0.2) is 41.3 Å². The lowest BCUT2D eigenvalue weighted by atomic mass is 10.1. The predicted molar refractivity (Wildman–Crippen MR) is 102 cm³/mol. The van der Waals surface area contributed by atoms with E-state index in [1.165, 1.54) is 24.7 Å². The standard InChI is InChI=1S/C20H20F4N4O3/c21-14-10-12(31-20(22,23)24)6-7-13(14)16-11-27-18(28-16)15(25)4-2-1-3-5-17(29)19-26-8-9-30-19/h6-11,15H,1-5,25H2,(H,27,28). The zero-order valence-corrected chi connectivity index (χ0v) is 16.3. The van der Waals surface area contributed by atoms with E-state index in [-0.39, 0.29) is 22.9 Å². The minimum atomic E-state index is -4.90. The number of halogens is 4. The lowest BCUT2D eigenvalue weighted by Crippen LogP contribution is -2.17. The fourth-order valence-corrected chi connectivity index (χ4v) is 3.00. The van der Waals surface area contributed by atoms with Crippen molar-refractivity contribution >= 4 is 5.78 Å². The Hall–Kier alpha value is -3.21. The highest BCUT2D eigenvalue weighted by molar-refractivity contribution is 5.91. The molecule has 0 saturated heterocycles. The Balaban J connectivity index is 1.49. The number of nitrogens with zero attached hydrogens (tertiary/aromatic N) is 2. The molecule has 31 heavy (non-hydrogen) atoms. The number of alkyl halides is 3. The van der Waals surface area contributed by atoms with Gasteiger partial charge in [-0.05, 0) is 25.0 Å². The SMILES string of the molecule is NC(CCCCCC(=O)c1ncco1)c1ncc(-c2ccc(OC(F)(F)F)cc2F)[nH]1. The Morgan fingerprint density at radius 2 is 2.03 bits per heavy atom. The summed E-state index contributed by atoms with van der Waals surface area (Å²) in [4.78, 5) is 22.6. The van der Waals surface area contributed by atoms with Crippen LogP contribution < -0.4 is 10.5 Å². The number of nitrogens with one attached hydrogen (secondary N) is 1. The molecule has 166 valence electrons. The van der Waals surface area contributed by atoms with Gasteiger partial charge in [0, 0.05) is 18.1 Å². The summed E-state index contributed by atoms with van der Waals surface area (Å²) in [6.45, 7) is 0. The van der Waals surface area contributed by atoms with Crippen molar-refractivity contribution in [2.24, 2.45) is 5.73 Å². The van der Waals surface area contributed by atoms with Gasteiger partial charge in [-0.15, -0.1) is 13.2 Å². The maximum atomic E-state index is 14.2. The third-order valence-electron chi connectivity index (χ3n) is 4.50. The Kier molecular flexibility index (Phi) is 7.06. The van der Waals surface area contributed by atoms with Crippen LogP contribution in [0.25, 0.3) is 11.3 Å². The van der Waals surface area contributed by atoms with E-state index in [4.69, 9.17) is 10.2 Å². The highest BCUT2D eigenvalue weighted by Crippen LogP contribution is 2.29. The number of aromatic nitrogens is 3. The summed E-state index contributed by atoms with van der Waals surface area (Å²) in [6.07, 6.45) is 2.32. The number of H-pyrrole nitrogens is 1. The summed E-state index contributed by atoms with van der Waals surface area (Å²) < 4.78 is 59.6. The normalized spacial score (nSPS) is 12.7. The van der Waals surface area contributed by atoms with E-state index in [0.29, 0.717) is 31.2 Å². The Labute approximate surface area is 174 Å². The summed E-state index contributed by atoms with van der Waals surface area (Å²) >= 11 is 0. The van der Waals surface area contributed by atoms with E-state index in [1.807, 2.05) is 0 Å². The van der Waals surface area contributed by atoms with Crippen LogP contribution in [0.2, 0.25) is 0 Å². The number of benzene rings is 1. The molecule has 0 aliphatic carbocycles. The first-order chi connectivity index (χ1) is 14.7. The number of ether oxygens (including phenoxy) is 1. The van der Waals surface area contributed by atoms with Crippen molar-refractivity contribution in [2.75, 3.05) is 0 Å². The molecule has 0 saturated carbocycles. The molecule has 1 aromatic carbocycles. The van der Waals surface area contributed by atoms with Crippen molar-refractivity contribution in [2.45, 2.75) is 44.5 Å². The van der Waals surface area contributed by atoms with Gasteiger partial charge in [0.25, 0.3) is 5.89 Å². The molecule has 11 heteroatoms. The lowest BCUT2D eigenvalue weighted by molar-refractivity contribution is -0.274. The van der Waals surface area contributed by atoms with Crippen LogP contribution >= 0.6 is 0 Å². The van der Waals surface area contributed by atoms with E-state index in [1.54, 1.807) is 0 Å². The van der Waals surface area contributed by atoms with Gasteiger partial charge >= 0.3 is 6.36 Å². The predicted octanol–water partition coefficient (Wildman–Crippen LogP) is 4.94. The second kappa shape index (κ2) is 9.73. The molecule has 7 nitrogen and oxygen atoms in total. The molecule has 3 N–H and O–H groups in total. The second-order valence-corrected chi connectivity index (χ2v) is 6.84. The maximum Gasteiger partial charge on any atom is 0.573 e. The molecule has 3 rings (SSSR count). The molecular formula is C20H20F4N4O3. The first-order valence-electron chi connectivity index (χ1n) is 9.52.